The molecule has 19 heavy (non-hydrogen) atoms. The molecule has 108 valence electrons. The second-order valence-corrected chi connectivity index (χ2v) is 7.64. The molecule has 0 saturated heterocycles. The maximum Gasteiger partial charge on any atom is 0.320 e. The summed E-state index contributed by atoms with van der Waals surface area (Å²) in [5, 5.41) is 9.24. The Morgan fingerprint density at radius 2 is 1.53 bits per heavy atom. The maximum atomic E-state index is 11.2. The summed E-state index contributed by atoms with van der Waals surface area (Å²) < 4.78 is 0. The molecule has 0 aromatic heterocycles. The topological polar surface area (TPSA) is 40.5 Å². The second-order valence-electron chi connectivity index (χ2n) is 7.64. The first kappa shape index (κ1) is 13.4. The van der Waals surface area contributed by atoms with E-state index in [4.69, 9.17) is 0 Å². The van der Waals surface area contributed by atoms with E-state index in [1.807, 2.05) is 14.0 Å². The molecule has 0 spiro atoms. The van der Waals surface area contributed by atoms with Gasteiger partial charge < -0.3 is 5.11 Å². The first-order valence-electron chi connectivity index (χ1n) is 7.86. The van der Waals surface area contributed by atoms with Crippen LogP contribution in [0.3, 0.4) is 0 Å². The fourth-order valence-electron chi connectivity index (χ4n) is 5.63. The zero-order valence-electron chi connectivity index (χ0n) is 12.4. The van der Waals surface area contributed by atoms with Crippen molar-refractivity contribution in [1.82, 2.24) is 4.90 Å². The summed E-state index contributed by atoms with van der Waals surface area (Å²) >= 11 is 0. The molecule has 0 aromatic carbocycles. The van der Waals surface area contributed by atoms with Gasteiger partial charge in [0.1, 0.15) is 6.04 Å². The van der Waals surface area contributed by atoms with E-state index in [0.29, 0.717) is 11.5 Å². The van der Waals surface area contributed by atoms with E-state index >= 15 is 0 Å². The Morgan fingerprint density at radius 3 is 1.89 bits per heavy atom. The van der Waals surface area contributed by atoms with Gasteiger partial charge in [-0.05, 0) is 82.6 Å². The van der Waals surface area contributed by atoms with Crippen molar-refractivity contribution in [3.63, 3.8) is 0 Å². The molecule has 4 bridgehead atoms. The van der Waals surface area contributed by atoms with Gasteiger partial charge in [0.25, 0.3) is 0 Å². The van der Waals surface area contributed by atoms with Crippen molar-refractivity contribution in [3.05, 3.63) is 0 Å². The third-order valence-corrected chi connectivity index (χ3v) is 6.55. The Bertz CT molecular complexity index is 344. The lowest BCUT2D eigenvalue weighted by molar-refractivity contribution is -0.147. The van der Waals surface area contributed by atoms with E-state index in [1.165, 1.54) is 38.5 Å². The van der Waals surface area contributed by atoms with Crippen molar-refractivity contribution in [2.45, 2.75) is 64.5 Å². The van der Waals surface area contributed by atoms with Crippen molar-refractivity contribution < 1.29 is 9.90 Å². The van der Waals surface area contributed by atoms with E-state index in [9.17, 15) is 9.90 Å². The molecule has 2 unspecified atom stereocenters. The van der Waals surface area contributed by atoms with E-state index in [1.54, 1.807) is 0 Å². The lowest BCUT2D eigenvalue weighted by atomic mass is 9.47. The van der Waals surface area contributed by atoms with Gasteiger partial charge in [0.15, 0.2) is 0 Å². The Balaban J connectivity index is 1.79. The standard InChI is InChI=1S/C16H27NO2/c1-10(15(18)19)17(3)11(2)16-7-12-4-13(8-16)6-14(5-12)9-16/h10-14H,4-9H2,1-3H3,(H,18,19). The van der Waals surface area contributed by atoms with Gasteiger partial charge in [-0.1, -0.05) is 0 Å². The number of hydrogen-bond acceptors (Lipinski definition) is 2. The van der Waals surface area contributed by atoms with Crippen LogP contribution in [0.5, 0.6) is 0 Å². The quantitative estimate of drug-likeness (QED) is 0.849. The SMILES string of the molecule is CC(C(=O)O)N(C)C(C)C12CC3CC(CC(C3)C1)C2. The number of carboxylic acids is 1. The van der Waals surface area contributed by atoms with Crippen molar-refractivity contribution in [2.75, 3.05) is 7.05 Å². The molecule has 4 saturated carbocycles. The van der Waals surface area contributed by atoms with Crippen LogP contribution in [0.25, 0.3) is 0 Å². The molecule has 4 rings (SSSR count). The number of hydrogen-bond donors (Lipinski definition) is 1. The zero-order valence-corrected chi connectivity index (χ0v) is 12.4. The third-order valence-electron chi connectivity index (χ3n) is 6.55. The Morgan fingerprint density at radius 1 is 1.11 bits per heavy atom. The van der Waals surface area contributed by atoms with Gasteiger partial charge in [-0.3, -0.25) is 9.69 Å². The van der Waals surface area contributed by atoms with Gasteiger partial charge >= 0.3 is 5.97 Å². The number of likely N-dealkylation sites (N-methyl/N-ethyl adjacent to an activating group) is 1. The van der Waals surface area contributed by atoms with Crippen LogP contribution in [0, 0.1) is 23.2 Å². The van der Waals surface area contributed by atoms with Crippen LogP contribution in [-0.2, 0) is 4.79 Å². The predicted molar refractivity (Wildman–Crippen MR) is 74.9 cm³/mol. The highest BCUT2D eigenvalue weighted by molar-refractivity contribution is 5.72. The number of carbonyl (C=O) groups is 1. The molecule has 3 heteroatoms. The van der Waals surface area contributed by atoms with Crippen LogP contribution in [0.4, 0.5) is 0 Å². The molecule has 4 aliphatic carbocycles. The maximum absolute atomic E-state index is 11.2. The molecule has 4 aliphatic rings. The van der Waals surface area contributed by atoms with Gasteiger partial charge in [0.05, 0.1) is 0 Å². The molecule has 4 fully saturated rings. The highest BCUT2D eigenvalue weighted by Crippen LogP contribution is 2.61. The fourth-order valence-corrected chi connectivity index (χ4v) is 5.63. The van der Waals surface area contributed by atoms with Crippen molar-refractivity contribution in [1.29, 1.82) is 0 Å². The summed E-state index contributed by atoms with van der Waals surface area (Å²) in [6.45, 7) is 4.09. The van der Waals surface area contributed by atoms with Crippen molar-refractivity contribution in [2.24, 2.45) is 23.2 Å². The van der Waals surface area contributed by atoms with Gasteiger partial charge in [-0.2, -0.15) is 0 Å². The lowest BCUT2D eigenvalue weighted by Gasteiger charge is -2.60. The van der Waals surface area contributed by atoms with Gasteiger partial charge in [-0.15, -0.1) is 0 Å². The minimum Gasteiger partial charge on any atom is -0.480 e. The molecule has 0 aromatic rings. The molecule has 0 radical (unpaired) electrons. The van der Waals surface area contributed by atoms with E-state index in [-0.39, 0.29) is 6.04 Å². The molecular formula is C16H27NO2. The van der Waals surface area contributed by atoms with Gasteiger partial charge in [-0.25, -0.2) is 0 Å². The molecule has 0 aliphatic heterocycles. The average Bonchev–Trinajstić information content (AvgIpc) is 2.34. The third kappa shape index (κ3) is 2.10. The molecular weight excluding hydrogens is 238 g/mol. The molecule has 1 N–H and O–H groups in total. The van der Waals surface area contributed by atoms with E-state index < -0.39 is 5.97 Å². The van der Waals surface area contributed by atoms with Gasteiger partial charge in [0, 0.05) is 6.04 Å². The second kappa shape index (κ2) is 4.47. The number of carboxylic acid groups (broad SMARTS) is 1. The molecule has 3 nitrogen and oxygen atoms in total. The van der Waals surface area contributed by atoms with Gasteiger partial charge in [0.2, 0.25) is 0 Å². The molecule has 0 amide bonds. The Hall–Kier alpha value is -0.570. The first-order valence-corrected chi connectivity index (χ1v) is 7.86. The van der Waals surface area contributed by atoms with Crippen LogP contribution < -0.4 is 0 Å². The van der Waals surface area contributed by atoms with Crippen molar-refractivity contribution >= 4 is 5.97 Å². The zero-order chi connectivity index (χ0) is 13.8. The smallest absolute Gasteiger partial charge is 0.320 e. The van der Waals surface area contributed by atoms with Crippen LogP contribution in [0.2, 0.25) is 0 Å². The summed E-state index contributed by atoms with van der Waals surface area (Å²) in [6.07, 6.45) is 8.38. The van der Waals surface area contributed by atoms with Crippen molar-refractivity contribution in [3.8, 4) is 0 Å². The minimum absolute atomic E-state index is 0.372. The molecule has 2 atom stereocenters. The van der Waals surface area contributed by atoms with Crippen LogP contribution >= 0.6 is 0 Å². The predicted octanol–water partition coefficient (Wildman–Crippen LogP) is 3.00. The lowest BCUT2D eigenvalue weighted by Crippen LogP contribution is -2.57. The Kier molecular flexibility index (Phi) is 3.16. The summed E-state index contributed by atoms with van der Waals surface area (Å²) in [6, 6.07) is 0.0232. The highest BCUT2D eigenvalue weighted by atomic mass is 16.4. The summed E-state index contributed by atoms with van der Waals surface area (Å²) in [7, 11) is 2.00. The van der Waals surface area contributed by atoms with E-state index in [0.717, 1.165) is 17.8 Å². The monoisotopic (exact) mass is 265 g/mol. The average molecular weight is 265 g/mol. The normalized spacial score (nSPS) is 43.5. The number of nitrogens with zero attached hydrogens (tertiary/aromatic N) is 1. The fraction of sp³-hybridized carbons (Fsp3) is 0.938. The number of aliphatic carboxylic acids is 1. The Labute approximate surface area is 116 Å². The van der Waals surface area contributed by atoms with Crippen LogP contribution in [-0.4, -0.2) is 35.1 Å². The molecule has 0 heterocycles. The first-order chi connectivity index (χ1) is 8.91. The van der Waals surface area contributed by atoms with Crippen LogP contribution in [0.15, 0.2) is 0 Å². The summed E-state index contributed by atoms with van der Waals surface area (Å²) in [4.78, 5) is 13.3. The summed E-state index contributed by atoms with van der Waals surface area (Å²) in [5.41, 5.74) is 0.410. The largest absolute Gasteiger partial charge is 0.480 e. The number of rotatable bonds is 4. The highest BCUT2D eigenvalue weighted by Gasteiger charge is 2.54. The minimum atomic E-state index is -0.695. The van der Waals surface area contributed by atoms with Crippen LogP contribution in [0.1, 0.15) is 52.4 Å². The summed E-state index contributed by atoms with van der Waals surface area (Å²) in [5.74, 6) is 2.10. The van der Waals surface area contributed by atoms with E-state index in [2.05, 4.69) is 11.8 Å².